The molecule has 1 aromatic carbocycles. The zero-order valence-corrected chi connectivity index (χ0v) is 24.1. The van der Waals surface area contributed by atoms with E-state index in [4.69, 9.17) is 0 Å². The summed E-state index contributed by atoms with van der Waals surface area (Å²) < 4.78 is 0.226. The molecule has 0 saturated carbocycles. The lowest BCUT2D eigenvalue weighted by Gasteiger charge is -2.38. The number of benzene rings is 1. The van der Waals surface area contributed by atoms with E-state index in [1.165, 1.54) is 102 Å². The Morgan fingerprint density at radius 2 is 1.29 bits per heavy atom. The molecular weight excluding hydrogens is 602 g/mol. The van der Waals surface area contributed by atoms with Gasteiger partial charge in [0, 0.05) is 5.41 Å². The number of halogens is 2. The molecule has 2 aliphatic carbocycles. The summed E-state index contributed by atoms with van der Waals surface area (Å²) in [5, 5.41) is 0. The molecule has 0 saturated heterocycles. The van der Waals surface area contributed by atoms with Gasteiger partial charge in [-0.25, -0.2) is 0 Å². The van der Waals surface area contributed by atoms with Crippen molar-refractivity contribution in [1.29, 1.82) is 0 Å². The molecule has 172 valence electrons. The molecule has 0 unspecified atom stereocenters. The number of fused-ring (bicyclic) bond motifs is 2. The van der Waals surface area contributed by atoms with Crippen LogP contribution < -0.4 is 0 Å². The van der Waals surface area contributed by atoms with Gasteiger partial charge >= 0.3 is 0 Å². The smallest absolute Gasteiger partial charge is 0.0654 e. The Hall–Kier alpha value is 0.160. The van der Waals surface area contributed by atoms with Gasteiger partial charge in [0.1, 0.15) is 0 Å². The number of rotatable bonds is 14. The molecule has 0 aromatic heterocycles. The Morgan fingerprint density at radius 3 is 1.90 bits per heavy atom. The van der Waals surface area contributed by atoms with Gasteiger partial charge in [0.15, 0.2) is 0 Å². The van der Waals surface area contributed by atoms with E-state index in [1.807, 2.05) is 0 Å². The van der Waals surface area contributed by atoms with Crippen LogP contribution in [-0.4, -0.2) is 1.43 Å². The SMILES string of the molecule is CCCCCCCCC1(CCCCCCCC)C2=C(C=CC(I)(I)C2)c2ccccc21. The summed E-state index contributed by atoms with van der Waals surface area (Å²) in [5.41, 5.74) is 6.80. The Labute approximate surface area is 219 Å². The normalized spacial score (nSPS) is 18.3. The highest BCUT2D eigenvalue weighted by Gasteiger charge is 2.46. The lowest BCUT2D eigenvalue weighted by Crippen LogP contribution is -2.30. The average Bonchev–Trinajstić information content (AvgIpc) is 3.02. The summed E-state index contributed by atoms with van der Waals surface area (Å²) in [4.78, 5) is 0. The Kier molecular flexibility index (Phi) is 10.5. The average molecular weight is 644 g/mol. The molecule has 0 nitrogen and oxygen atoms in total. The fourth-order valence-electron chi connectivity index (χ4n) is 5.78. The van der Waals surface area contributed by atoms with E-state index in [-0.39, 0.29) is 6.84 Å². The lowest BCUT2D eigenvalue weighted by atomic mass is 9.68. The maximum Gasteiger partial charge on any atom is 0.0953 e. The highest BCUT2D eigenvalue weighted by Crippen LogP contribution is 2.58. The predicted molar refractivity (Wildman–Crippen MR) is 156 cm³/mol. The van der Waals surface area contributed by atoms with Crippen molar-refractivity contribution in [2.75, 3.05) is 0 Å². The Bertz CT molecular complexity index is 740. The summed E-state index contributed by atoms with van der Waals surface area (Å²) in [6, 6.07) is 9.41. The molecule has 31 heavy (non-hydrogen) atoms. The predicted octanol–water partition coefficient (Wildman–Crippen LogP) is 10.7. The molecule has 0 spiro atoms. The number of hydrogen-bond donors (Lipinski definition) is 0. The van der Waals surface area contributed by atoms with E-state index in [1.54, 1.807) is 16.7 Å². The van der Waals surface area contributed by atoms with Crippen LogP contribution in [0.5, 0.6) is 0 Å². The second-order valence-corrected chi connectivity index (χ2v) is 15.7. The van der Waals surface area contributed by atoms with Crippen LogP contribution in [0, 0.1) is 0 Å². The number of unbranched alkanes of at least 4 members (excludes halogenated alkanes) is 10. The minimum absolute atomic E-state index is 0.226. The highest BCUT2D eigenvalue weighted by atomic mass is 127. The van der Waals surface area contributed by atoms with Gasteiger partial charge in [-0.05, 0) is 41.5 Å². The van der Waals surface area contributed by atoms with Gasteiger partial charge in [-0.15, -0.1) is 0 Å². The third kappa shape index (κ3) is 6.61. The van der Waals surface area contributed by atoms with E-state index in [0.29, 0.717) is 0 Å². The van der Waals surface area contributed by atoms with Gasteiger partial charge in [0.05, 0.1) is 1.43 Å². The summed E-state index contributed by atoms with van der Waals surface area (Å²) >= 11 is 5.34. The zero-order valence-electron chi connectivity index (χ0n) is 19.8. The Balaban J connectivity index is 1.80. The molecular formula is C29H42I2. The summed E-state index contributed by atoms with van der Waals surface area (Å²) in [5.74, 6) is 0. The van der Waals surface area contributed by atoms with Gasteiger partial charge in [0.25, 0.3) is 0 Å². The van der Waals surface area contributed by atoms with E-state index in [2.05, 4.69) is 95.4 Å². The van der Waals surface area contributed by atoms with E-state index < -0.39 is 0 Å². The molecule has 0 amide bonds. The van der Waals surface area contributed by atoms with Crippen molar-refractivity contribution in [3.8, 4) is 0 Å². The van der Waals surface area contributed by atoms with Crippen LogP contribution in [0.1, 0.15) is 121 Å². The summed E-state index contributed by atoms with van der Waals surface area (Å²) in [7, 11) is 0. The van der Waals surface area contributed by atoms with Gasteiger partial charge in [-0.1, -0.05) is 172 Å². The van der Waals surface area contributed by atoms with Crippen LogP contribution in [0.25, 0.3) is 5.57 Å². The van der Waals surface area contributed by atoms with Crippen LogP contribution in [0.4, 0.5) is 0 Å². The van der Waals surface area contributed by atoms with Crippen molar-refractivity contribution < 1.29 is 0 Å². The lowest BCUT2D eigenvalue weighted by molar-refractivity contribution is 0.381. The van der Waals surface area contributed by atoms with E-state index in [0.717, 1.165) is 0 Å². The largest absolute Gasteiger partial charge is 0.0953 e. The van der Waals surface area contributed by atoms with Gasteiger partial charge in [-0.2, -0.15) is 0 Å². The number of allylic oxidation sites excluding steroid dienone is 4. The maximum atomic E-state index is 2.67. The zero-order chi connectivity index (χ0) is 22.2. The second kappa shape index (κ2) is 12.6. The molecule has 0 aliphatic heterocycles. The van der Waals surface area contributed by atoms with Crippen molar-refractivity contribution in [2.45, 2.75) is 117 Å². The van der Waals surface area contributed by atoms with Crippen LogP contribution in [-0.2, 0) is 5.41 Å². The van der Waals surface area contributed by atoms with Gasteiger partial charge in [-0.3, -0.25) is 0 Å². The van der Waals surface area contributed by atoms with Crippen molar-refractivity contribution in [3.05, 3.63) is 53.1 Å². The molecule has 0 radical (unpaired) electrons. The van der Waals surface area contributed by atoms with Gasteiger partial charge < -0.3 is 0 Å². The van der Waals surface area contributed by atoms with Gasteiger partial charge in [0.2, 0.25) is 0 Å². The molecule has 2 aliphatic rings. The molecule has 2 heteroatoms. The monoisotopic (exact) mass is 644 g/mol. The minimum Gasteiger partial charge on any atom is -0.0654 e. The number of alkyl halides is 2. The molecule has 0 fully saturated rings. The fourth-order valence-corrected chi connectivity index (χ4v) is 6.91. The summed E-state index contributed by atoms with van der Waals surface area (Å²) in [6.07, 6.45) is 25.5. The van der Waals surface area contributed by atoms with Crippen LogP contribution in [0.2, 0.25) is 0 Å². The second-order valence-electron chi connectivity index (χ2n) is 9.83. The van der Waals surface area contributed by atoms with Crippen molar-refractivity contribution >= 4 is 50.8 Å². The topological polar surface area (TPSA) is 0 Å². The van der Waals surface area contributed by atoms with Crippen molar-refractivity contribution in [1.82, 2.24) is 0 Å². The molecule has 1 aromatic rings. The molecule has 0 atom stereocenters. The van der Waals surface area contributed by atoms with E-state index >= 15 is 0 Å². The fraction of sp³-hybridized carbons (Fsp3) is 0.655. The van der Waals surface area contributed by atoms with Crippen LogP contribution in [0.15, 0.2) is 42.0 Å². The third-order valence-electron chi connectivity index (χ3n) is 7.46. The Morgan fingerprint density at radius 1 is 0.742 bits per heavy atom. The first-order valence-electron chi connectivity index (χ1n) is 12.9. The van der Waals surface area contributed by atoms with Crippen LogP contribution in [0.3, 0.4) is 0 Å². The third-order valence-corrected chi connectivity index (χ3v) is 8.94. The molecule has 0 bridgehead atoms. The first kappa shape index (κ1) is 25.8. The standard InChI is InChI=1S/C29H42I2/c1-3-5-7-9-11-15-20-28(21-16-12-10-8-6-4-2)26-18-14-13-17-24(26)25-19-22-29(30,31)23-27(25)28/h13-14,17-19,22H,3-12,15-16,20-21,23H2,1-2H3. The summed E-state index contributed by atoms with van der Waals surface area (Å²) in [6.45, 7) is 4.63. The molecule has 0 N–H and O–H groups in total. The highest BCUT2D eigenvalue weighted by molar-refractivity contribution is 14.2. The molecule has 3 rings (SSSR count). The molecule has 0 heterocycles. The maximum absolute atomic E-state index is 2.67. The first-order chi connectivity index (χ1) is 15.0. The first-order valence-corrected chi connectivity index (χ1v) is 15.1. The van der Waals surface area contributed by atoms with Crippen molar-refractivity contribution in [2.24, 2.45) is 0 Å². The van der Waals surface area contributed by atoms with Crippen molar-refractivity contribution in [3.63, 3.8) is 0 Å². The number of hydrogen-bond acceptors (Lipinski definition) is 0. The quantitative estimate of drug-likeness (QED) is 0.107. The van der Waals surface area contributed by atoms with E-state index in [9.17, 15) is 0 Å². The minimum atomic E-state index is 0.226. The van der Waals surface area contributed by atoms with Crippen LogP contribution >= 0.6 is 45.2 Å².